The van der Waals surface area contributed by atoms with Gasteiger partial charge in [-0.1, -0.05) is 30.5 Å². The summed E-state index contributed by atoms with van der Waals surface area (Å²) in [5.41, 5.74) is 0.384. The molecule has 0 aliphatic carbocycles. The van der Waals surface area contributed by atoms with Gasteiger partial charge >= 0.3 is 5.97 Å². The Hall–Kier alpha value is -2.62. The first-order valence-corrected chi connectivity index (χ1v) is 12.5. The van der Waals surface area contributed by atoms with Crippen molar-refractivity contribution >= 4 is 39.2 Å². The number of nitrogens with zero attached hydrogens (tertiary/aromatic N) is 1. The quantitative estimate of drug-likeness (QED) is 0.581. The van der Waals surface area contributed by atoms with Crippen molar-refractivity contribution in [2.75, 3.05) is 25.5 Å². The standard InChI is InChI=1S/C23H27ClN2O6S/c1-16(22(27)25-20-15-18(24)10-11-21(20)31-2)32-23(28)17-8-7-9-19(14-17)33(29,30)26-12-5-3-4-6-13-26/h7-11,14-16H,3-6,12-13H2,1-2H3,(H,25,27)/t16-/m1/s1. The molecule has 1 saturated heterocycles. The molecule has 8 nitrogen and oxygen atoms in total. The maximum absolute atomic E-state index is 13.0. The molecule has 10 heteroatoms. The molecule has 1 aliphatic rings. The van der Waals surface area contributed by atoms with Crippen molar-refractivity contribution in [3.8, 4) is 5.75 Å². The Labute approximate surface area is 198 Å². The van der Waals surface area contributed by atoms with Crippen LogP contribution >= 0.6 is 11.6 Å². The smallest absolute Gasteiger partial charge is 0.338 e. The highest BCUT2D eigenvalue weighted by Gasteiger charge is 2.27. The molecule has 1 aliphatic heterocycles. The van der Waals surface area contributed by atoms with E-state index < -0.39 is 28.0 Å². The van der Waals surface area contributed by atoms with Crippen LogP contribution in [0.15, 0.2) is 47.4 Å². The molecule has 0 radical (unpaired) electrons. The molecule has 0 aromatic heterocycles. The average Bonchev–Trinajstić information content (AvgIpc) is 3.09. The summed E-state index contributed by atoms with van der Waals surface area (Å²) in [6.07, 6.45) is 2.47. The fourth-order valence-corrected chi connectivity index (χ4v) is 5.24. The van der Waals surface area contributed by atoms with E-state index >= 15 is 0 Å². The molecule has 0 saturated carbocycles. The number of halogens is 1. The molecule has 1 atom stereocenters. The Kier molecular flexibility index (Phi) is 8.34. The fourth-order valence-electron chi connectivity index (χ4n) is 3.51. The van der Waals surface area contributed by atoms with Gasteiger partial charge in [0.25, 0.3) is 5.91 Å². The Morgan fingerprint density at radius 3 is 2.42 bits per heavy atom. The van der Waals surface area contributed by atoms with Crippen molar-refractivity contribution in [1.29, 1.82) is 0 Å². The highest BCUT2D eigenvalue weighted by atomic mass is 35.5. The SMILES string of the molecule is COc1ccc(Cl)cc1NC(=O)[C@@H](C)OC(=O)c1cccc(S(=O)(=O)N2CCCCCC2)c1. The molecule has 3 rings (SSSR count). The van der Waals surface area contributed by atoms with Crippen LogP contribution in [-0.4, -0.2) is 50.9 Å². The van der Waals surface area contributed by atoms with E-state index in [1.807, 2.05) is 0 Å². The molecule has 0 unspecified atom stereocenters. The van der Waals surface area contributed by atoms with Crippen LogP contribution in [0.25, 0.3) is 0 Å². The van der Waals surface area contributed by atoms with Gasteiger partial charge in [-0.15, -0.1) is 0 Å². The lowest BCUT2D eigenvalue weighted by atomic mass is 10.2. The summed E-state index contributed by atoms with van der Waals surface area (Å²) in [5, 5.41) is 3.02. The molecule has 0 spiro atoms. The Balaban J connectivity index is 1.70. The van der Waals surface area contributed by atoms with Gasteiger partial charge in [-0.25, -0.2) is 13.2 Å². The molecule has 1 N–H and O–H groups in total. The number of nitrogens with one attached hydrogen (secondary N) is 1. The second-order valence-corrected chi connectivity index (χ2v) is 10.1. The van der Waals surface area contributed by atoms with Crippen molar-refractivity contribution in [3.05, 3.63) is 53.1 Å². The minimum Gasteiger partial charge on any atom is -0.495 e. The van der Waals surface area contributed by atoms with Crippen LogP contribution in [0.4, 0.5) is 5.69 Å². The molecule has 0 bridgehead atoms. The number of anilines is 1. The predicted molar refractivity (Wildman–Crippen MR) is 125 cm³/mol. The number of ether oxygens (including phenoxy) is 2. The number of rotatable bonds is 7. The first kappa shape index (κ1) is 25.0. The van der Waals surface area contributed by atoms with E-state index in [1.54, 1.807) is 12.1 Å². The van der Waals surface area contributed by atoms with Crippen molar-refractivity contribution in [2.24, 2.45) is 0 Å². The van der Waals surface area contributed by atoms with Gasteiger partial charge in [0, 0.05) is 18.1 Å². The van der Waals surface area contributed by atoms with Crippen LogP contribution in [0.3, 0.4) is 0 Å². The third-order valence-corrected chi connectivity index (χ3v) is 7.47. The maximum atomic E-state index is 13.0. The first-order chi connectivity index (χ1) is 15.7. The average molecular weight is 495 g/mol. The van der Waals surface area contributed by atoms with E-state index in [2.05, 4.69) is 5.32 Å². The van der Waals surface area contributed by atoms with E-state index in [0.717, 1.165) is 25.7 Å². The zero-order valence-electron chi connectivity index (χ0n) is 18.5. The van der Waals surface area contributed by atoms with Gasteiger partial charge in [0.15, 0.2) is 6.10 Å². The summed E-state index contributed by atoms with van der Waals surface area (Å²) in [6, 6.07) is 10.4. The summed E-state index contributed by atoms with van der Waals surface area (Å²) in [5.74, 6) is -0.987. The topological polar surface area (TPSA) is 102 Å². The maximum Gasteiger partial charge on any atom is 0.338 e. The van der Waals surface area contributed by atoms with Gasteiger partial charge in [0.05, 0.1) is 23.3 Å². The molecule has 2 aromatic rings. The first-order valence-electron chi connectivity index (χ1n) is 10.7. The number of carbonyl (C=O) groups is 2. The molecule has 1 amide bonds. The minimum absolute atomic E-state index is 0.0274. The van der Waals surface area contributed by atoms with Crippen LogP contribution in [0.2, 0.25) is 5.02 Å². The lowest BCUT2D eigenvalue weighted by Crippen LogP contribution is -2.32. The highest BCUT2D eigenvalue weighted by molar-refractivity contribution is 7.89. The third-order valence-electron chi connectivity index (χ3n) is 5.34. The summed E-state index contributed by atoms with van der Waals surface area (Å²) in [6.45, 7) is 2.34. The van der Waals surface area contributed by atoms with Crippen LogP contribution in [-0.2, 0) is 19.6 Å². The molecule has 2 aromatic carbocycles. The molecule has 33 heavy (non-hydrogen) atoms. The van der Waals surface area contributed by atoms with Gasteiger partial charge < -0.3 is 14.8 Å². The van der Waals surface area contributed by atoms with Gasteiger partial charge in [-0.3, -0.25) is 4.79 Å². The largest absolute Gasteiger partial charge is 0.495 e. The van der Waals surface area contributed by atoms with Crippen LogP contribution < -0.4 is 10.1 Å². The number of hydrogen-bond acceptors (Lipinski definition) is 6. The number of amides is 1. The second-order valence-electron chi connectivity index (χ2n) is 7.73. The van der Waals surface area contributed by atoms with E-state index in [9.17, 15) is 18.0 Å². The molecular formula is C23H27ClN2O6S. The Morgan fingerprint density at radius 2 is 1.76 bits per heavy atom. The predicted octanol–water partition coefficient (Wildman–Crippen LogP) is 4.10. The zero-order valence-corrected chi connectivity index (χ0v) is 20.1. The molecular weight excluding hydrogens is 468 g/mol. The van der Waals surface area contributed by atoms with E-state index in [4.69, 9.17) is 21.1 Å². The zero-order chi connectivity index (χ0) is 24.0. The summed E-state index contributed by atoms with van der Waals surface area (Å²) in [4.78, 5) is 25.2. The normalized spacial score (nSPS) is 15.8. The number of esters is 1. The van der Waals surface area contributed by atoms with Crippen molar-refractivity contribution in [2.45, 2.75) is 43.6 Å². The lowest BCUT2D eigenvalue weighted by molar-refractivity contribution is -0.123. The number of hydrogen-bond donors (Lipinski definition) is 1. The lowest BCUT2D eigenvalue weighted by Gasteiger charge is -2.20. The number of sulfonamides is 1. The minimum atomic E-state index is -3.72. The summed E-state index contributed by atoms with van der Waals surface area (Å²) >= 11 is 5.97. The number of carbonyl (C=O) groups excluding carboxylic acids is 2. The van der Waals surface area contributed by atoms with Gasteiger partial charge in [0.1, 0.15) is 5.75 Å². The van der Waals surface area contributed by atoms with E-state index in [1.165, 1.54) is 48.7 Å². The van der Waals surface area contributed by atoms with Crippen LogP contribution in [0.1, 0.15) is 43.0 Å². The molecule has 1 fully saturated rings. The molecule has 178 valence electrons. The Morgan fingerprint density at radius 1 is 1.06 bits per heavy atom. The van der Waals surface area contributed by atoms with Crippen LogP contribution in [0, 0.1) is 0 Å². The fraction of sp³-hybridized carbons (Fsp3) is 0.391. The van der Waals surface area contributed by atoms with Gasteiger partial charge in [0.2, 0.25) is 10.0 Å². The van der Waals surface area contributed by atoms with Gasteiger partial charge in [-0.05, 0) is 56.2 Å². The third kappa shape index (κ3) is 6.25. The van der Waals surface area contributed by atoms with E-state index in [0.29, 0.717) is 29.5 Å². The highest BCUT2D eigenvalue weighted by Crippen LogP contribution is 2.28. The Bertz CT molecular complexity index is 1110. The van der Waals surface area contributed by atoms with Gasteiger partial charge in [-0.2, -0.15) is 4.31 Å². The number of methoxy groups -OCH3 is 1. The summed E-state index contributed by atoms with van der Waals surface area (Å²) in [7, 11) is -2.27. The second kappa shape index (κ2) is 11.0. The summed E-state index contributed by atoms with van der Waals surface area (Å²) < 4.78 is 38.0. The van der Waals surface area contributed by atoms with Crippen molar-refractivity contribution in [1.82, 2.24) is 4.31 Å². The van der Waals surface area contributed by atoms with Crippen molar-refractivity contribution < 1.29 is 27.5 Å². The number of benzene rings is 2. The van der Waals surface area contributed by atoms with E-state index in [-0.39, 0.29) is 10.5 Å². The van der Waals surface area contributed by atoms with Crippen LogP contribution in [0.5, 0.6) is 5.75 Å². The monoisotopic (exact) mass is 494 g/mol. The van der Waals surface area contributed by atoms with Crippen molar-refractivity contribution in [3.63, 3.8) is 0 Å². The molecule has 1 heterocycles.